The molecule has 0 aliphatic rings. The number of pyridine rings is 2. The minimum Gasteiger partial charge on any atom is -0.356 e. The maximum Gasteiger partial charge on any atom is 0.250 e. The zero-order valence-corrected chi connectivity index (χ0v) is 14.0. The van der Waals surface area contributed by atoms with Crippen LogP contribution >= 0.6 is 0 Å². The number of hydrogen-bond acceptors (Lipinski definition) is 3. The van der Waals surface area contributed by atoms with Gasteiger partial charge >= 0.3 is 0 Å². The Morgan fingerprint density at radius 1 is 1.04 bits per heavy atom. The van der Waals surface area contributed by atoms with Gasteiger partial charge in [0, 0.05) is 36.9 Å². The third-order valence-electron chi connectivity index (χ3n) is 4.11. The van der Waals surface area contributed by atoms with Crippen LogP contribution in [0, 0.1) is 0 Å². The molecule has 0 saturated heterocycles. The summed E-state index contributed by atoms with van der Waals surface area (Å²) in [5, 5.41) is 3.99. The van der Waals surface area contributed by atoms with Crippen LogP contribution in [0.1, 0.15) is 18.4 Å². The fourth-order valence-corrected chi connectivity index (χ4v) is 2.83. The lowest BCUT2D eigenvalue weighted by Gasteiger charge is -2.08. The molecule has 0 unspecified atom stereocenters. The lowest BCUT2D eigenvalue weighted by molar-refractivity contribution is -0.120. The highest BCUT2D eigenvalue weighted by atomic mass is 16.1. The van der Waals surface area contributed by atoms with Crippen molar-refractivity contribution >= 4 is 16.8 Å². The minimum atomic E-state index is -0.00460. The second kappa shape index (κ2) is 8.24. The molecular weight excluding hydrogens is 314 g/mol. The quantitative estimate of drug-likeness (QED) is 0.675. The number of aromatic nitrogens is 2. The fourth-order valence-electron chi connectivity index (χ4n) is 2.83. The Morgan fingerprint density at radius 2 is 1.92 bits per heavy atom. The summed E-state index contributed by atoms with van der Waals surface area (Å²) in [7, 11) is 0. The average Bonchev–Trinajstić information content (AvgIpc) is 2.63. The van der Waals surface area contributed by atoms with Crippen LogP contribution in [0.5, 0.6) is 0 Å². The Bertz CT molecular complexity index is 912. The maximum atomic E-state index is 12.1. The first-order valence-electron chi connectivity index (χ1n) is 8.49. The van der Waals surface area contributed by atoms with Crippen molar-refractivity contribution in [3.05, 3.63) is 76.8 Å². The number of unbranched alkanes of at least 4 members (excludes halogenated alkanes) is 1. The largest absolute Gasteiger partial charge is 0.356 e. The summed E-state index contributed by atoms with van der Waals surface area (Å²) in [5.74, 6) is -0.00460. The van der Waals surface area contributed by atoms with Crippen molar-refractivity contribution in [1.29, 1.82) is 0 Å². The normalized spacial score (nSPS) is 10.7. The van der Waals surface area contributed by atoms with Gasteiger partial charge in [0.1, 0.15) is 0 Å². The number of rotatable bonds is 7. The zero-order valence-electron chi connectivity index (χ0n) is 14.0. The van der Waals surface area contributed by atoms with Crippen molar-refractivity contribution in [3.63, 3.8) is 0 Å². The van der Waals surface area contributed by atoms with Gasteiger partial charge in [-0.3, -0.25) is 14.6 Å². The van der Waals surface area contributed by atoms with Crippen LogP contribution < -0.4 is 10.9 Å². The Kier molecular flexibility index (Phi) is 5.57. The van der Waals surface area contributed by atoms with Gasteiger partial charge in [-0.1, -0.05) is 30.3 Å². The highest BCUT2D eigenvalue weighted by Gasteiger charge is 2.07. The van der Waals surface area contributed by atoms with E-state index in [-0.39, 0.29) is 11.5 Å². The van der Waals surface area contributed by atoms with Gasteiger partial charge in [0.15, 0.2) is 0 Å². The predicted molar refractivity (Wildman–Crippen MR) is 98.4 cm³/mol. The molecule has 5 heteroatoms. The molecule has 2 heterocycles. The number of benzene rings is 1. The van der Waals surface area contributed by atoms with Crippen molar-refractivity contribution in [2.75, 3.05) is 6.54 Å². The van der Waals surface area contributed by atoms with E-state index < -0.39 is 0 Å². The molecule has 1 amide bonds. The summed E-state index contributed by atoms with van der Waals surface area (Å²) in [5.41, 5.74) is 1.82. The van der Waals surface area contributed by atoms with E-state index in [2.05, 4.69) is 10.3 Å². The van der Waals surface area contributed by atoms with Gasteiger partial charge in [0.05, 0.1) is 11.9 Å². The van der Waals surface area contributed by atoms with Crippen molar-refractivity contribution in [3.8, 4) is 0 Å². The van der Waals surface area contributed by atoms with Gasteiger partial charge in [-0.2, -0.15) is 0 Å². The summed E-state index contributed by atoms with van der Waals surface area (Å²) in [4.78, 5) is 28.1. The average molecular weight is 335 g/mol. The predicted octanol–water partition coefficient (Wildman–Crippen LogP) is 2.54. The second-order valence-corrected chi connectivity index (χ2v) is 5.96. The van der Waals surface area contributed by atoms with E-state index in [0.717, 1.165) is 29.3 Å². The number of nitrogens with one attached hydrogen (secondary N) is 1. The molecule has 0 atom stereocenters. The Labute approximate surface area is 146 Å². The molecule has 0 saturated carbocycles. The molecule has 5 nitrogen and oxygen atoms in total. The van der Waals surface area contributed by atoms with Crippen molar-refractivity contribution in [2.45, 2.75) is 25.8 Å². The topological polar surface area (TPSA) is 64.0 Å². The highest BCUT2D eigenvalue weighted by molar-refractivity contribution is 5.87. The summed E-state index contributed by atoms with van der Waals surface area (Å²) in [6, 6.07) is 14.9. The molecule has 0 fully saturated rings. The van der Waals surface area contributed by atoms with Gasteiger partial charge < -0.3 is 9.88 Å². The fraction of sp³-hybridized carbons (Fsp3) is 0.250. The van der Waals surface area contributed by atoms with Crippen molar-refractivity contribution < 1.29 is 4.79 Å². The number of carbonyl (C=O) groups is 1. The van der Waals surface area contributed by atoms with E-state index in [4.69, 9.17) is 0 Å². The number of fused-ring (bicyclic) bond motifs is 1. The molecule has 0 spiro atoms. The number of para-hydroxylation sites is 1. The summed E-state index contributed by atoms with van der Waals surface area (Å²) >= 11 is 0. The maximum absolute atomic E-state index is 12.1. The SMILES string of the molecule is O=C(Cc1cccc2cccnc12)NCCCCn1ccccc1=O. The molecule has 0 aliphatic heterocycles. The van der Waals surface area contributed by atoms with Crippen molar-refractivity contribution in [1.82, 2.24) is 14.9 Å². The Balaban J connectivity index is 1.45. The Morgan fingerprint density at radius 3 is 2.80 bits per heavy atom. The Hall–Kier alpha value is -2.95. The molecule has 3 rings (SSSR count). The zero-order chi connectivity index (χ0) is 17.5. The number of nitrogens with zero attached hydrogens (tertiary/aromatic N) is 2. The lowest BCUT2D eigenvalue weighted by atomic mass is 10.1. The first-order chi connectivity index (χ1) is 12.2. The molecule has 0 radical (unpaired) electrons. The van der Waals surface area contributed by atoms with Gasteiger partial charge in [-0.05, 0) is 30.5 Å². The molecule has 25 heavy (non-hydrogen) atoms. The summed E-state index contributed by atoms with van der Waals surface area (Å²) < 4.78 is 1.68. The van der Waals surface area contributed by atoms with Crippen LogP contribution in [0.2, 0.25) is 0 Å². The van der Waals surface area contributed by atoms with Crippen LogP contribution in [0.3, 0.4) is 0 Å². The molecule has 128 valence electrons. The van der Waals surface area contributed by atoms with Gasteiger partial charge in [-0.15, -0.1) is 0 Å². The van der Waals surface area contributed by atoms with E-state index in [0.29, 0.717) is 19.5 Å². The van der Waals surface area contributed by atoms with Crippen LogP contribution in [0.25, 0.3) is 10.9 Å². The van der Waals surface area contributed by atoms with Crippen LogP contribution in [0.15, 0.2) is 65.7 Å². The van der Waals surface area contributed by atoms with E-state index in [1.807, 2.05) is 36.4 Å². The van der Waals surface area contributed by atoms with Crippen LogP contribution in [0.4, 0.5) is 0 Å². The van der Waals surface area contributed by atoms with Crippen LogP contribution in [-0.4, -0.2) is 22.0 Å². The first-order valence-corrected chi connectivity index (χ1v) is 8.49. The summed E-state index contributed by atoms with van der Waals surface area (Å²) in [6.07, 6.45) is 5.54. The van der Waals surface area contributed by atoms with E-state index in [1.54, 1.807) is 29.1 Å². The molecule has 1 N–H and O–H groups in total. The summed E-state index contributed by atoms with van der Waals surface area (Å²) in [6.45, 7) is 1.28. The molecule has 1 aromatic carbocycles. The lowest BCUT2D eigenvalue weighted by Crippen LogP contribution is -2.26. The molecule has 0 bridgehead atoms. The highest BCUT2D eigenvalue weighted by Crippen LogP contribution is 2.16. The first kappa shape index (κ1) is 16.9. The number of amides is 1. The van der Waals surface area contributed by atoms with Gasteiger partial charge in [0.2, 0.25) is 11.5 Å². The minimum absolute atomic E-state index is 0.00460. The third-order valence-corrected chi connectivity index (χ3v) is 4.11. The van der Waals surface area contributed by atoms with Gasteiger partial charge in [-0.25, -0.2) is 0 Å². The van der Waals surface area contributed by atoms with E-state index >= 15 is 0 Å². The van der Waals surface area contributed by atoms with Crippen molar-refractivity contribution in [2.24, 2.45) is 0 Å². The standard InChI is InChI=1S/C20H21N3O2/c24-18(15-17-8-5-7-16-9-6-12-22-20(16)17)21-11-2-4-14-23-13-3-1-10-19(23)25/h1,3,5-10,12-13H,2,4,11,14-15H2,(H,21,24). The third kappa shape index (κ3) is 4.53. The molecular formula is C20H21N3O2. The van der Waals surface area contributed by atoms with E-state index in [1.165, 1.54) is 0 Å². The smallest absolute Gasteiger partial charge is 0.250 e. The molecule has 3 aromatic rings. The number of carbonyl (C=O) groups excluding carboxylic acids is 1. The number of aryl methyl sites for hydroxylation is 1. The monoisotopic (exact) mass is 335 g/mol. The molecule has 0 aliphatic carbocycles. The number of hydrogen-bond donors (Lipinski definition) is 1. The molecule has 2 aromatic heterocycles. The second-order valence-electron chi connectivity index (χ2n) is 5.96. The van der Waals surface area contributed by atoms with Crippen LogP contribution in [-0.2, 0) is 17.8 Å². The van der Waals surface area contributed by atoms with E-state index in [9.17, 15) is 9.59 Å². The van der Waals surface area contributed by atoms with Gasteiger partial charge in [0.25, 0.3) is 0 Å².